The van der Waals surface area contributed by atoms with E-state index in [2.05, 4.69) is 20.4 Å². The molecule has 0 bridgehead atoms. The number of amides is 1. The zero-order valence-electron chi connectivity index (χ0n) is 16.0. The number of rotatable bonds is 5. The van der Waals surface area contributed by atoms with Gasteiger partial charge in [-0.2, -0.15) is 4.98 Å². The lowest BCUT2D eigenvalue weighted by Crippen LogP contribution is -2.38. The van der Waals surface area contributed by atoms with Gasteiger partial charge in [0.25, 0.3) is 5.89 Å². The van der Waals surface area contributed by atoms with E-state index in [0.717, 1.165) is 37.2 Å². The summed E-state index contributed by atoms with van der Waals surface area (Å²) in [6.45, 7) is 4.39. The van der Waals surface area contributed by atoms with Crippen molar-refractivity contribution in [3.05, 3.63) is 66.0 Å². The molecule has 0 atom stereocenters. The van der Waals surface area contributed by atoms with Gasteiger partial charge in [-0.3, -0.25) is 9.69 Å². The maximum Gasteiger partial charge on any atom is 0.257 e. The third kappa shape index (κ3) is 4.46. The molecule has 1 aromatic heterocycles. The topological polar surface area (TPSA) is 71.3 Å². The Bertz CT molecular complexity index is 913. The molecule has 144 valence electrons. The fraction of sp³-hybridized carbons (Fsp3) is 0.318. The Balaban J connectivity index is 1.29. The van der Waals surface area contributed by atoms with E-state index in [0.29, 0.717) is 18.3 Å². The van der Waals surface area contributed by atoms with E-state index in [1.165, 1.54) is 5.56 Å². The molecule has 28 heavy (non-hydrogen) atoms. The predicted octanol–water partition coefficient (Wildman–Crippen LogP) is 3.90. The molecule has 2 heterocycles. The lowest BCUT2D eigenvalue weighted by atomic mass is 9.96. The second kappa shape index (κ2) is 8.35. The molecule has 0 unspecified atom stereocenters. The number of aromatic nitrogens is 2. The first-order chi connectivity index (χ1) is 13.7. The Morgan fingerprint density at radius 2 is 1.82 bits per heavy atom. The molecule has 6 heteroatoms. The first kappa shape index (κ1) is 18.4. The average Bonchev–Trinajstić information content (AvgIpc) is 3.18. The second-order valence-corrected chi connectivity index (χ2v) is 7.29. The molecule has 4 rings (SSSR count). The largest absolute Gasteiger partial charge is 0.334 e. The third-order valence-corrected chi connectivity index (χ3v) is 5.13. The normalized spacial score (nSPS) is 15.5. The Morgan fingerprint density at radius 1 is 1.11 bits per heavy atom. The van der Waals surface area contributed by atoms with Crippen LogP contribution in [0.15, 0.2) is 59.1 Å². The van der Waals surface area contributed by atoms with Gasteiger partial charge in [0.15, 0.2) is 5.82 Å². The zero-order chi connectivity index (χ0) is 19.3. The molecule has 1 aliphatic rings. The zero-order valence-corrected chi connectivity index (χ0v) is 16.0. The molecule has 1 saturated heterocycles. The lowest BCUT2D eigenvalue weighted by molar-refractivity contribution is -0.121. The van der Waals surface area contributed by atoms with Crippen molar-refractivity contribution >= 4 is 11.6 Å². The first-order valence-corrected chi connectivity index (χ1v) is 9.65. The number of carbonyl (C=O) groups excluding carboxylic acids is 1. The van der Waals surface area contributed by atoms with Gasteiger partial charge in [0.2, 0.25) is 5.91 Å². The molecule has 0 radical (unpaired) electrons. The number of nitrogens with one attached hydrogen (secondary N) is 1. The summed E-state index contributed by atoms with van der Waals surface area (Å²) in [5, 5.41) is 7.12. The summed E-state index contributed by atoms with van der Waals surface area (Å²) in [4.78, 5) is 19.2. The van der Waals surface area contributed by atoms with Gasteiger partial charge in [-0.15, -0.1) is 0 Å². The van der Waals surface area contributed by atoms with E-state index in [9.17, 15) is 4.79 Å². The smallest absolute Gasteiger partial charge is 0.257 e. The van der Waals surface area contributed by atoms with Crippen LogP contribution in [0.5, 0.6) is 0 Å². The van der Waals surface area contributed by atoms with Crippen LogP contribution in [-0.2, 0) is 11.3 Å². The monoisotopic (exact) mass is 376 g/mol. The van der Waals surface area contributed by atoms with Gasteiger partial charge < -0.3 is 9.84 Å². The molecule has 1 fully saturated rings. The highest BCUT2D eigenvalue weighted by molar-refractivity contribution is 5.92. The summed E-state index contributed by atoms with van der Waals surface area (Å²) in [6, 6.07) is 17.7. The number of likely N-dealkylation sites (tertiary alicyclic amines) is 1. The maximum atomic E-state index is 12.4. The Hall–Kier alpha value is -2.99. The SMILES string of the molecule is Cc1ccc(-c2nc(CN3CCC(C(=O)Nc4ccccc4)CC3)no2)cc1. The number of piperidine rings is 1. The van der Waals surface area contributed by atoms with Crippen LogP contribution in [0.2, 0.25) is 0 Å². The number of para-hydroxylation sites is 1. The highest BCUT2D eigenvalue weighted by Gasteiger charge is 2.26. The summed E-state index contributed by atoms with van der Waals surface area (Å²) in [6.07, 6.45) is 1.67. The Labute approximate surface area is 164 Å². The van der Waals surface area contributed by atoms with Crippen molar-refractivity contribution < 1.29 is 9.32 Å². The van der Waals surface area contributed by atoms with Crippen LogP contribution in [0, 0.1) is 12.8 Å². The van der Waals surface area contributed by atoms with Crippen molar-refractivity contribution in [2.45, 2.75) is 26.3 Å². The van der Waals surface area contributed by atoms with Crippen molar-refractivity contribution in [3.63, 3.8) is 0 Å². The number of carbonyl (C=O) groups is 1. The predicted molar refractivity (Wildman–Crippen MR) is 108 cm³/mol. The van der Waals surface area contributed by atoms with Gasteiger partial charge in [0.1, 0.15) is 0 Å². The number of nitrogens with zero attached hydrogens (tertiary/aromatic N) is 3. The summed E-state index contributed by atoms with van der Waals surface area (Å²) in [5.41, 5.74) is 2.98. The van der Waals surface area contributed by atoms with Crippen molar-refractivity contribution in [1.82, 2.24) is 15.0 Å². The maximum absolute atomic E-state index is 12.4. The quantitative estimate of drug-likeness (QED) is 0.731. The molecule has 2 aromatic carbocycles. The van der Waals surface area contributed by atoms with Gasteiger partial charge in [-0.05, 0) is 57.1 Å². The number of hydrogen-bond acceptors (Lipinski definition) is 5. The van der Waals surface area contributed by atoms with E-state index in [1.807, 2.05) is 61.5 Å². The van der Waals surface area contributed by atoms with Gasteiger partial charge in [0, 0.05) is 17.2 Å². The van der Waals surface area contributed by atoms with Crippen LogP contribution in [0.3, 0.4) is 0 Å². The fourth-order valence-corrected chi connectivity index (χ4v) is 3.45. The minimum atomic E-state index is 0.0462. The summed E-state index contributed by atoms with van der Waals surface area (Å²) >= 11 is 0. The van der Waals surface area contributed by atoms with Crippen LogP contribution >= 0.6 is 0 Å². The molecule has 1 N–H and O–H groups in total. The van der Waals surface area contributed by atoms with Crippen LogP contribution in [0.1, 0.15) is 24.2 Å². The van der Waals surface area contributed by atoms with Crippen LogP contribution in [0.25, 0.3) is 11.5 Å². The van der Waals surface area contributed by atoms with Crippen molar-refractivity contribution in [2.24, 2.45) is 5.92 Å². The number of hydrogen-bond donors (Lipinski definition) is 1. The summed E-state index contributed by atoms with van der Waals surface area (Å²) in [5.74, 6) is 1.38. The molecule has 6 nitrogen and oxygen atoms in total. The standard InChI is InChI=1S/C22H24N4O2/c1-16-7-9-18(10-8-16)22-24-20(25-28-22)15-26-13-11-17(12-14-26)21(27)23-19-5-3-2-4-6-19/h2-10,17H,11-15H2,1H3,(H,23,27). The van der Waals surface area contributed by atoms with Crippen molar-refractivity contribution in [2.75, 3.05) is 18.4 Å². The molecule has 3 aromatic rings. The lowest BCUT2D eigenvalue weighted by Gasteiger charge is -2.30. The first-order valence-electron chi connectivity index (χ1n) is 9.65. The molecule has 0 spiro atoms. The molecular weight excluding hydrogens is 352 g/mol. The molecule has 1 amide bonds. The number of aryl methyl sites for hydroxylation is 1. The Kier molecular flexibility index (Phi) is 5.48. The van der Waals surface area contributed by atoms with Gasteiger partial charge in [0.05, 0.1) is 6.54 Å². The van der Waals surface area contributed by atoms with Gasteiger partial charge in [-0.25, -0.2) is 0 Å². The summed E-state index contributed by atoms with van der Waals surface area (Å²) in [7, 11) is 0. The third-order valence-electron chi connectivity index (χ3n) is 5.13. The van der Waals surface area contributed by atoms with Crippen LogP contribution < -0.4 is 5.32 Å². The van der Waals surface area contributed by atoms with E-state index in [1.54, 1.807) is 0 Å². The van der Waals surface area contributed by atoms with E-state index in [-0.39, 0.29) is 11.8 Å². The second-order valence-electron chi connectivity index (χ2n) is 7.29. The van der Waals surface area contributed by atoms with Gasteiger partial charge in [-0.1, -0.05) is 41.1 Å². The van der Waals surface area contributed by atoms with Crippen LogP contribution in [-0.4, -0.2) is 34.0 Å². The molecule has 0 aliphatic carbocycles. The van der Waals surface area contributed by atoms with Gasteiger partial charge >= 0.3 is 0 Å². The van der Waals surface area contributed by atoms with Crippen molar-refractivity contribution in [1.29, 1.82) is 0 Å². The van der Waals surface area contributed by atoms with E-state index >= 15 is 0 Å². The molecule has 1 aliphatic heterocycles. The number of benzene rings is 2. The summed E-state index contributed by atoms with van der Waals surface area (Å²) < 4.78 is 5.41. The number of anilines is 1. The van der Waals surface area contributed by atoms with E-state index < -0.39 is 0 Å². The van der Waals surface area contributed by atoms with Crippen molar-refractivity contribution in [3.8, 4) is 11.5 Å². The Morgan fingerprint density at radius 3 is 2.54 bits per heavy atom. The average molecular weight is 376 g/mol. The molecule has 0 saturated carbocycles. The fourth-order valence-electron chi connectivity index (χ4n) is 3.45. The van der Waals surface area contributed by atoms with Crippen LogP contribution in [0.4, 0.5) is 5.69 Å². The minimum Gasteiger partial charge on any atom is -0.334 e. The van der Waals surface area contributed by atoms with E-state index in [4.69, 9.17) is 4.52 Å². The minimum absolute atomic E-state index is 0.0462. The highest BCUT2D eigenvalue weighted by atomic mass is 16.5. The highest BCUT2D eigenvalue weighted by Crippen LogP contribution is 2.22. The molecular formula is C22H24N4O2.